The smallest absolute Gasteiger partial charge is 0.241 e. The molecule has 4 rings (SSSR count). The van der Waals surface area contributed by atoms with Gasteiger partial charge in [0.2, 0.25) is 11.8 Å². The summed E-state index contributed by atoms with van der Waals surface area (Å²) in [6, 6.07) is 6.62. The number of rotatable bonds is 5. The van der Waals surface area contributed by atoms with Crippen LogP contribution in [0, 0.1) is 12.7 Å². The standard InChI is InChI=1S/C24H30FN5O2/c1-16-21-6-4-12-30(14-18-7-9-20(25)10-8-18)24(21)28-23(27-16)19-5-3-11-29(15-19)22(32)13-26-17(2)31/h7-10,19H,3-6,11-15H2,1-2H3,(H,26,31)/t19-/m1/s1. The van der Waals surface area contributed by atoms with Gasteiger partial charge in [0.15, 0.2) is 0 Å². The van der Waals surface area contributed by atoms with E-state index in [1.165, 1.54) is 24.6 Å². The van der Waals surface area contributed by atoms with E-state index in [1.54, 1.807) is 4.90 Å². The van der Waals surface area contributed by atoms with Gasteiger partial charge in [-0.15, -0.1) is 0 Å². The van der Waals surface area contributed by atoms with Crippen molar-refractivity contribution < 1.29 is 14.0 Å². The van der Waals surface area contributed by atoms with Gasteiger partial charge in [0.1, 0.15) is 17.5 Å². The SMILES string of the molecule is CC(=O)NCC(=O)N1CCC[C@@H](c2nc(C)c3c(n2)N(Cc2ccc(F)cc2)CCC3)C1. The molecule has 1 fully saturated rings. The number of nitrogens with one attached hydrogen (secondary N) is 1. The van der Waals surface area contributed by atoms with E-state index in [2.05, 4.69) is 10.2 Å². The zero-order valence-electron chi connectivity index (χ0n) is 18.7. The van der Waals surface area contributed by atoms with Crippen LogP contribution in [0.15, 0.2) is 24.3 Å². The van der Waals surface area contributed by atoms with E-state index >= 15 is 0 Å². The molecule has 2 aliphatic heterocycles. The highest BCUT2D eigenvalue weighted by molar-refractivity contribution is 5.83. The van der Waals surface area contributed by atoms with Crippen molar-refractivity contribution in [3.05, 3.63) is 52.7 Å². The summed E-state index contributed by atoms with van der Waals surface area (Å²) in [5, 5.41) is 2.59. The number of halogens is 1. The number of nitrogens with zero attached hydrogens (tertiary/aromatic N) is 4. The second kappa shape index (κ2) is 9.63. The number of aromatic nitrogens is 2. The minimum atomic E-state index is -0.233. The van der Waals surface area contributed by atoms with Gasteiger partial charge in [0, 0.05) is 50.3 Å². The van der Waals surface area contributed by atoms with Crippen LogP contribution in [0.3, 0.4) is 0 Å². The molecule has 0 aliphatic carbocycles. The monoisotopic (exact) mass is 439 g/mol. The molecular weight excluding hydrogens is 409 g/mol. The number of carbonyl (C=O) groups is 2. The highest BCUT2D eigenvalue weighted by Crippen LogP contribution is 2.32. The minimum Gasteiger partial charge on any atom is -0.352 e. The van der Waals surface area contributed by atoms with Crippen molar-refractivity contribution in [2.75, 3.05) is 31.1 Å². The van der Waals surface area contributed by atoms with Crippen LogP contribution in [0.5, 0.6) is 0 Å². The molecule has 7 nitrogen and oxygen atoms in total. The first kappa shape index (κ1) is 22.2. The lowest BCUT2D eigenvalue weighted by Gasteiger charge is -2.34. The molecule has 1 aromatic carbocycles. The third kappa shape index (κ3) is 5.06. The molecule has 3 heterocycles. The first-order valence-corrected chi connectivity index (χ1v) is 11.3. The van der Waals surface area contributed by atoms with Crippen molar-refractivity contribution in [1.82, 2.24) is 20.2 Å². The van der Waals surface area contributed by atoms with Gasteiger partial charge in [0.05, 0.1) is 6.54 Å². The Labute approximate surface area is 188 Å². The molecule has 0 radical (unpaired) electrons. The molecule has 1 saturated heterocycles. The number of amides is 2. The van der Waals surface area contributed by atoms with Crippen LogP contribution in [0.1, 0.15) is 54.7 Å². The molecule has 0 unspecified atom stereocenters. The maximum Gasteiger partial charge on any atom is 0.241 e. The maximum atomic E-state index is 13.3. The second-order valence-electron chi connectivity index (χ2n) is 8.71. The molecule has 32 heavy (non-hydrogen) atoms. The van der Waals surface area contributed by atoms with Crippen LogP contribution in [0.4, 0.5) is 10.2 Å². The van der Waals surface area contributed by atoms with Gasteiger partial charge in [-0.2, -0.15) is 0 Å². The number of hydrogen-bond donors (Lipinski definition) is 1. The van der Waals surface area contributed by atoms with Crippen molar-refractivity contribution in [3.8, 4) is 0 Å². The molecule has 1 N–H and O–H groups in total. The van der Waals surface area contributed by atoms with Gasteiger partial charge in [0.25, 0.3) is 0 Å². The van der Waals surface area contributed by atoms with Gasteiger partial charge in [-0.25, -0.2) is 14.4 Å². The average Bonchev–Trinajstić information content (AvgIpc) is 2.79. The van der Waals surface area contributed by atoms with E-state index in [1.807, 2.05) is 19.1 Å². The molecule has 0 bridgehead atoms. The molecule has 1 atom stereocenters. The van der Waals surface area contributed by atoms with E-state index in [0.29, 0.717) is 19.6 Å². The molecule has 2 amide bonds. The Morgan fingerprint density at radius 3 is 2.69 bits per heavy atom. The third-order valence-corrected chi connectivity index (χ3v) is 6.28. The van der Waals surface area contributed by atoms with E-state index in [0.717, 1.165) is 55.1 Å². The summed E-state index contributed by atoms with van der Waals surface area (Å²) >= 11 is 0. The van der Waals surface area contributed by atoms with Crippen molar-refractivity contribution >= 4 is 17.6 Å². The summed E-state index contributed by atoms with van der Waals surface area (Å²) < 4.78 is 13.3. The molecular formula is C24H30FN5O2. The average molecular weight is 440 g/mol. The van der Waals surface area contributed by atoms with Crippen LogP contribution in [0.25, 0.3) is 0 Å². The first-order valence-electron chi connectivity index (χ1n) is 11.3. The van der Waals surface area contributed by atoms with Crippen LogP contribution < -0.4 is 10.2 Å². The van der Waals surface area contributed by atoms with E-state index in [-0.39, 0.29) is 30.1 Å². The number of aryl methyl sites for hydroxylation is 1. The Kier molecular flexibility index (Phi) is 6.67. The van der Waals surface area contributed by atoms with Crippen molar-refractivity contribution in [1.29, 1.82) is 0 Å². The van der Waals surface area contributed by atoms with Crippen molar-refractivity contribution in [3.63, 3.8) is 0 Å². The largest absolute Gasteiger partial charge is 0.352 e. The third-order valence-electron chi connectivity index (χ3n) is 6.28. The predicted molar refractivity (Wildman–Crippen MR) is 120 cm³/mol. The molecule has 170 valence electrons. The summed E-state index contributed by atoms with van der Waals surface area (Å²) in [6.45, 7) is 6.30. The van der Waals surface area contributed by atoms with Gasteiger partial charge < -0.3 is 15.1 Å². The quantitative estimate of drug-likeness (QED) is 0.775. The zero-order valence-corrected chi connectivity index (χ0v) is 18.7. The molecule has 1 aromatic heterocycles. The molecule has 8 heteroatoms. The van der Waals surface area contributed by atoms with Gasteiger partial charge >= 0.3 is 0 Å². The summed E-state index contributed by atoms with van der Waals surface area (Å²) in [5.41, 5.74) is 3.22. The van der Waals surface area contributed by atoms with Crippen LogP contribution in [-0.4, -0.2) is 52.9 Å². The van der Waals surface area contributed by atoms with Crippen LogP contribution in [-0.2, 0) is 22.6 Å². The Balaban J connectivity index is 1.54. The fourth-order valence-electron chi connectivity index (χ4n) is 4.58. The summed E-state index contributed by atoms with van der Waals surface area (Å²) in [7, 11) is 0. The van der Waals surface area contributed by atoms with Crippen LogP contribution >= 0.6 is 0 Å². The Morgan fingerprint density at radius 2 is 1.94 bits per heavy atom. The summed E-state index contributed by atoms with van der Waals surface area (Å²) in [4.78, 5) is 37.5. The van der Waals surface area contributed by atoms with Crippen molar-refractivity contribution in [2.24, 2.45) is 0 Å². The van der Waals surface area contributed by atoms with Gasteiger partial charge in [-0.1, -0.05) is 12.1 Å². The number of likely N-dealkylation sites (tertiary alicyclic amines) is 1. The minimum absolute atomic E-state index is 0.0254. The lowest BCUT2D eigenvalue weighted by atomic mass is 9.96. The fourth-order valence-corrected chi connectivity index (χ4v) is 4.58. The number of piperidine rings is 1. The van der Waals surface area contributed by atoms with Crippen molar-refractivity contribution in [2.45, 2.75) is 52.0 Å². The van der Waals surface area contributed by atoms with Gasteiger partial charge in [-0.3, -0.25) is 9.59 Å². The summed E-state index contributed by atoms with van der Waals surface area (Å²) in [5.74, 6) is 1.31. The van der Waals surface area contributed by atoms with Crippen LogP contribution in [0.2, 0.25) is 0 Å². The topological polar surface area (TPSA) is 78.4 Å². The number of hydrogen-bond acceptors (Lipinski definition) is 5. The maximum absolute atomic E-state index is 13.3. The van der Waals surface area contributed by atoms with E-state index in [9.17, 15) is 14.0 Å². The summed E-state index contributed by atoms with van der Waals surface area (Å²) in [6.07, 6.45) is 3.80. The zero-order chi connectivity index (χ0) is 22.7. The van der Waals surface area contributed by atoms with Gasteiger partial charge in [-0.05, 0) is 50.3 Å². The highest BCUT2D eigenvalue weighted by atomic mass is 19.1. The Bertz CT molecular complexity index is 995. The first-order chi connectivity index (χ1) is 15.4. The number of fused-ring (bicyclic) bond motifs is 1. The lowest BCUT2D eigenvalue weighted by molar-refractivity contribution is -0.133. The highest BCUT2D eigenvalue weighted by Gasteiger charge is 2.29. The Hall–Kier alpha value is -3.03. The molecule has 0 saturated carbocycles. The Morgan fingerprint density at radius 1 is 1.16 bits per heavy atom. The van der Waals surface area contributed by atoms with E-state index in [4.69, 9.17) is 9.97 Å². The fraction of sp³-hybridized carbons (Fsp3) is 0.500. The van der Waals surface area contributed by atoms with E-state index < -0.39 is 0 Å². The number of carbonyl (C=O) groups excluding carboxylic acids is 2. The normalized spacial score (nSPS) is 18.3. The molecule has 2 aliphatic rings. The molecule has 0 spiro atoms. The lowest BCUT2D eigenvalue weighted by Crippen LogP contribution is -2.44. The number of benzene rings is 1. The second-order valence-corrected chi connectivity index (χ2v) is 8.71. The number of anilines is 1. The molecule has 2 aromatic rings. The predicted octanol–water partition coefficient (Wildman–Crippen LogP) is 2.72.